The smallest absolute Gasteiger partial charge is 0.257 e. The summed E-state index contributed by atoms with van der Waals surface area (Å²) in [5, 5.41) is 2.50. The molecule has 13 heavy (non-hydrogen) atoms. The van der Waals surface area contributed by atoms with Gasteiger partial charge in [-0.25, -0.2) is 4.39 Å². The van der Waals surface area contributed by atoms with Crippen LogP contribution in [0.5, 0.6) is 0 Å². The summed E-state index contributed by atoms with van der Waals surface area (Å²) in [6.07, 6.45) is 2.32. The van der Waals surface area contributed by atoms with Crippen LogP contribution < -0.4 is 5.32 Å². The second-order valence-corrected chi connectivity index (χ2v) is 4.49. The maximum absolute atomic E-state index is 13.7. The van der Waals surface area contributed by atoms with Crippen LogP contribution in [-0.4, -0.2) is 18.1 Å². The summed E-state index contributed by atoms with van der Waals surface area (Å²) in [5.74, 6) is -0.495. The van der Waals surface area contributed by atoms with Gasteiger partial charge in [-0.05, 0) is 25.7 Å². The highest BCUT2D eigenvalue weighted by Crippen LogP contribution is 2.33. The molecule has 1 fully saturated rings. The van der Waals surface area contributed by atoms with Crippen LogP contribution in [0.1, 0.15) is 25.7 Å². The molecule has 0 aromatic rings. The number of hydrogen-bond donors (Lipinski definition) is 1. The first-order chi connectivity index (χ1) is 6.04. The Hall–Kier alpha value is -0.380. The van der Waals surface area contributed by atoms with E-state index in [0.717, 1.165) is 12.8 Å². The zero-order valence-corrected chi connectivity index (χ0v) is 8.99. The fraction of sp³-hybridized carbons (Fsp3) is 0.667. The highest BCUT2D eigenvalue weighted by Gasteiger charge is 2.40. The van der Waals surface area contributed by atoms with Gasteiger partial charge in [0, 0.05) is 11.0 Å². The molecular formula is C9H13BrFNO. The van der Waals surface area contributed by atoms with Crippen molar-refractivity contribution in [3.05, 3.63) is 11.1 Å². The maximum atomic E-state index is 13.7. The minimum absolute atomic E-state index is 0.296. The summed E-state index contributed by atoms with van der Waals surface area (Å²) in [4.78, 5) is 11.3. The van der Waals surface area contributed by atoms with Gasteiger partial charge in [-0.2, -0.15) is 0 Å². The van der Waals surface area contributed by atoms with Gasteiger partial charge in [0.15, 0.2) is 5.67 Å². The normalized spacial score (nSPS) is 19.8. The quantitative estimate of drug-likeness (QED) is 0.818. The van der Waals surface area contributed by atoms with Crippen LogP contribution in [-0.2, 0) is 4.79 Å². The molecule has 0 radical (unpaired) electrons. The third kappa shape index (κ3) is 2.79. The van der Waals surface area contributed by atoms with Crippen molar-refractivity contribution >= 4 is 21.8 Å². The summed E-state index contributed by atoms with van der Waals surface area (Å²) in [6, 6.07) is 0. The van der Waals surface area contributed by atoms with E-state index in [1.807, 2.05) is 0 Å². The molecule has 0 heterocycles. The van der Waals surface area contributed by atoms with E-state index in [9.17, 15) is 9.18 Å². The van der Waals surface area contributed by atoms with Crippen molar-refractivity contribution in [1.29, 1.82) is 0 Å². The first-order valence-corrected chi connectivity index (χ1v) is 5.14. The van der Waals surface area contributed by atoms with Crippen molar-refractivity contribution in [1.82, 2.24) is 5.32 Å². The van der Waals surface area contributed by atoms with E-state index in [1.165, 1.54) is 0 Å². The lowest BCUT2D eigenvalue weighted by atomic mass is 10.0. The largest absolute Gasteiger partial charge is 0.349 e. The predicted octanol–water partition coefficient (Wildman–Crippen LogP) is 2.29. The van der Waals surface area contributed by atoms with Crippen molar-refractivity contribution in [2.75, 3.05) is 6.54 Å². The Kier molecular flexibility index (Phi) is 3.47. The SMILES string of the molecule is C=C(Br)CNC(=O)C1(F)CCCC1. The number of rotatable bonds is 3. The molecule has 0 aliphatic heterocycles. The third-order valence-corrected chi connectivity index (χ3v) is 2.52. The summed E-state index contributed by atoms with van der Waals surface area (Å²) in [5.41, 5.74) is -1.62. The summed E-state index contributed by atoms with van der Waals surface area (Å²) in [6.45, 7) is 3.85. The van der Waals surface area contributed by atoms with Crippen LogP contribution in [0.4, 0.5) is 4.39 Å². The molecule has 1 N–H and O–H groups in total. The lowest BCUT2D eigenvalue weighted by Crippen LogP contribution is -2.41. The highest BCUT2D eigenvalue weighted by molar-refractivity contribution is 9.11. The van der Waals surface area contributed by atoms with Crippen LogP contribution in [0, 0.1) is 0 Å². The van der Waals surface area contributed by atoms with Crippen LogP contribution >= 0.6 is 15.9 Å². The molecule has 0 spiro atoms. The van der Waals surface area contributed by atoms with E-state index < -0.39 is 11.6 Å². The Labute approximate surface area is 85.7 Å². The molecule has 0 aromatic heterocycles. The molecule has 0 aromatic carbocycles. The van der Waals surface area contributed by atoms with E-state index in [2.05, 4.69) is 27.8 Å². The zero-order chi connectivity index (χ0) is 9.90. The van der Waals surface area contributed by atoms with Crippen molar-refractivity contribution in [3.63, 3.8) is 0 Å². The lowest BCUT2D eigenvalue weighted by Gasteiger charge is -2.17. The maximum Gasteiger partial charge on any atom is 0.257 e. The molecule has 1 saturated carbocycles. The van der Waals surface area contributed by atoms with Gasteiger partial charge in [-0.1, -0.05) is 22.5 Å². The molecular weight excluding hydrogens is 237 g/mol. The van der Waals surface area contributed by atoms with E-state index in [-0.39, 0.29) is 0 Å². The third-order valence-electron chi connectivity index (χ3n) is 2.24. The first-order valence-electron chi connectivity index (χ1n) is 4.35. The van der Waals surface area contributed by atoms with Gasteiger partial charge >= 0.3 is 0 Å². The van der Waals surface area contributed by atoms with Crippen LogP contribution in [0.2, 0.25) is 0 Å². The fourth-order valence-corrected chi connectivity index (χ4v) is 1.64. The van der Waals surface area contributed by atoms with Crippen molar-refractivity contribution < 1.29 is 9.18 Å². The first kappa shape index (κ1) is 10.7. The molecule has 0 saturated heterocycles. The second kappa shape index (κ2) is 4.22. The summed E-state index contributed by atoms with van der Waals surface area (Å²) < 4.78 is 14.4. The minimum atomic E-state index is -1.62. The zero-order valence-electron chi connectivity index (χ0n) is 7.41. The van der Waals surface area contributed by atoms with Crippen LogP contribution in [0.25, 0.3) is 0 Å². The van der Waals surface area contributed by atoms with E-state index in [4.69, 9.17) is 0 Å². The molecule has 74 valence electrons. The second-order valence-electron chi connectivity index (χ2n) is 3.37. The number of alkyl halides is 1. The highest BCUT2D eigenvalue weighted by atomic mass is 79.9. The Balaban J connectivity index is 2.42. The Morgan fingerprint density at radius 3 is 2.54 bits per heavy atom. The molecule has 4 heteroatoms. The molecule has 2 nitrogen and oxygen atoms in total. The molecule has 0 atom stereocenters. The topological polar surface area (TPSA) is 29.1 Å². The predicted molar refractivity (Wildman–Crippen MR) is 53.4 cm³/mol. The van der Waals surface area contributed by atoms with Gasteiger partial charge in [0.2, 0.25) is 0 Å². The number of halogens is 2. The molecule has 0 bridgehead atoms. The average molecular weight is 250 g/mol. The standard InChI is InChI=1S/C9H13BrFNO/c1-7(10)6-12-8(13)9(11)4-2-3-5-9/h1-6H2,(H,12,13). The van der Waals surface area contributed by atoms with Gasteiger partial charge < -0.3 is 5.32 Å². The Morgan fingerprint density at radius 2 is 2.08 bits per heavy atom. The number of nitrogens with one attached hydrogen (secondary N) is 1. The summed E-state index contributed by atoms with van der Waals surface area (Å²) in [7, 11) is 0. The van der Waals surface area contributed by atoms with Gasteiger partial charge in [0.1, 0.15) is 0 Å². The number of carbonyl (C=O) groups is 1. The fourth-order valence-electron chi connectivity index (χ4n) is 1.50. The average Bonchev–Trinajstić information content (AvgIpc) is 2.49. The monoisotopic (exact) mass is 249 g/mol. The van der Waals surface area contributed by atoms with Gasteiger partial charge in [0.25, 0.3) is 5.91 Å². The Bertz CT molecular complexity index is 224. The van der Waals surface area contributed by atoms with Crippen molar-refractivity contribution in [2.45, 2.75) is 31.4 Å². The van der Waals surface area contributed by atoms with E-state index in [1.54, 1.807) is 0 Å². The van der Waals surface area contributed by atoms with Crippen molar-refractivity contribution in [2.24, 2.45) is 0 Å². The molecule has 1 aliphatic rings. The van der Waals surface area contributed by atoms with Gasteiger partial charge in [-0.15, -0.1) is 0 Å². The summed E-state index contributed by atoms with van der Waals surface area (Å²) >= 11 is 3.10. The Morgan fingerprint density at radius 1 is 1.54 bits per heavy atom. The number of hydrogen-bond acceptors (Lipinski definition) is 1. The molecule has 1 aliphatic carbocycles. The lowest BCUT2D eigenvalue weighted by molar-refractivity contribution is -0.132. The van der Waals surface area contributed by atoms with Crippen LogP contribution in [0.3, 0.4) is 0 Å². The van der Waals surface area contributed by atoms with Crippen molar-refractivity contribution in [3.8, 4) is 0 Å². The number of carbonyl (C=O) groups excluding carboxylic acids is 1. The molecule has 1 rings (SSSR count). The number of amides is 1. The van der Waals surface area contributed by atoms with E-state index in [0.29, 0.717) is 23.9 Å². The van der Waals surface area contributed by atoms with Gasteiger partial charge in [0.05, 0.1) is 0 Å². The van der Waals surface area contributed by atoms with Crippen LogP contribution in [0.15, 0.2) is 11.1 Å². The minimum Gasteiger partial charge on any atom is -0.349 e. The van der Waals surface area contributed by atoms with Gasteiger partial charge in [-0.3, -0.25) is 4.79 Å². The molecule has 0 unspecified atom stereocenters. The molecule has 1 amide bonds. The van der Waals surface area contributed by atoms with E-state index >= 15 is 0 Å².